The number of carbonyl (C=O) groups is 2. The monoisotopic (exact) mass is 264 g/mol. The van der Waals surface area contributed by atoms with Crippen LogP contribution in [-0.2, 0) is 9.59 Å². The van der Waals surface area contributed by atoms with Crippen molar-refractivity contribution in [1.82, 2.24) is 0 Å². The van der Waals surface area contributed by atoms with Gasteiger partial charge in [0.2, 0.25) is 0 Å². The fourth-order valence-electron chi connectivity index (χ4n) is 0.656. The second-order valence-electron chi connectivity index (χ2n) is 3.57. The Balaban J connectivity index is -0.000000196. The molecule has 0 aromatic heterocycles. The Morgan fingerprint density at radius 3 is 1.17 bits per heavy atom. The molecule has 0 fully saturated rings. The molecule has 0 amide bonds. The minimum atomic E-state index is -0.693. The lowest BCUT2D eigenvalue weighted by molar-refractivity contribution is -0.138. The number of nitrogens with two attached hydrogens (primary N) is 2. The Morgan fingerprint density at radius 1 is 0.833 bits per heavy atom. The minimum Gasteiger partial charge on any atom is -0.481 e. The first-order chi connectivity index (χ1) is 8.45. The van der Waals surface area contributed by atoms with Crippen molar-refractivity contribution in [3.8, 4) is 0 Å². The lowest BCUT2D eigenvalue weighted by Gasteiger charge is -1.85. The normalized spacial score (nSPS) is 8.44. The van der Waals surface area contributed by atoms with Gasteiger partial charge in [-0.2, -0.15) is 0 Å². The summed E-state index contributed by atoms with van der Waals surface area (Å²) < 4.78 is 0. The van der Waals surface area contributed by atoms with Gasteiger partial charge < -0.3 is 21.7 Å². The van der Waals surface area contributed by atoms with Crippen molar-refractivity contribution in [2.75, 3.05) is 13.1 Å². The minimum absolute atomic E-state index is 0.316. The van der Waals surface area contributed by atoms with Crippen LogP contribution in [0.4, 0.5) is 0 Å². The van der Waals surface area contributed by atoms with E-state index in [1.54, 1.807) is 0 Å². The number of unbranched alkanes of at least 4 members (excludes halogenated alkanes) is 2. The van der Waals surface area contributed by atoms with Crippen LogP contribution >= 0.6 is 0 Å². The maximum absolute atomic E-state index is 9.76. The van der Waals surface area contributed by atoms with Crippen LogP contribution in [0.15, 0.2) is 0 Å². The zero-order valence-corrected chi connectivity index (χ0v) is 11.5. The predicted octanol–water partition coefficient (Wildman–Crippen LogP) is 1.43. The highest BCUT2D eigenvalue weighted by Gasteiger charge is 1.91. The van der Waals surface area contributed by atoms with E-state index < -0.39 is 11.9 Å². The maximum Gasteiger partial charge on any atom is 0.303 e. The Bertz CT molecular complexity index is 167. The molecule has 0 spiro atoms. The van der Waals surface area contributed by atoms with E-state index in [0.29, 0.717) is 25.9 Å². The van der Waals surface area contributed by atoms with Gasteiger partial charge in [-0.15, -0.1) is 0 Å². The van der Waals surface area contributed by atoms with E-state index in [1.165, 1.54) is 0 Å². The van der Waals surface area contributed by atoms with Crippen LogP contribution in [0, 0.1) is 0 Å². The zero-order chi connectivity index (χ0) is 14.8. The summed E-state index contributed by atoms with van der Waals surface area (Å²) >= 11 is 0. The van der Waals surface area contributed by atoms with E-state index in [-0.39, 0.29) is 0 Å². The van der Waals surface area contributed by atoms with Crippen LogP contribution in [0.1, 0.15) is 52.4 Å². The molecule has 0 saturated heterocycles. The number of hydrogen-bond donors (Lipinski definition) is 4. The predicted molar refractivity (Wildman–Crippen MR) is 72.4 cm³/mol. The number of carboxylic acids is 2. The Hall–Kier alpha value is -1.14. The molecule has 0 aromatic rings. The molecule has 18 heavy (non-hydrogen) atoms. The molecule has 6 heteroatoms. The van der Waals surface area contributed by atoms with Crippen molar-refractivity contribution >= 4 is 11.9 Å². The van der Waals surface area contributed by atoms with Gasteiger partial charge >= 0.3 is 11.9 Å². The highest BCUT2D eigenvalue weighted by Crippen LogP contribution is 1.91. The highest BCUT2D eigenvalue weighted by atomic mass is 16.4. The number of hydrogen-bond acceptors (Lipinski definition) is 4. The molecule has 0 unspecified atom stereocenters. The zero-order valence-electron chi connectivity index (χ0n) is 11.5. The van der Waals surface area contributed by atoms with E-state index in [4.69, 9.17) is 21.7 Å². The second-order valence-corrected chi connectivity index (χ2v) is 3.57. The van der Waals surface area contributed by atoms with Crippen molar-refractivity contribution in [3.63, 3.8) is 0 Å². The van der Waals surface area contributed by atoms with E-state index in [1.807, 2.05) is 13.8 Å². The van der Waals surface area contributed by atoms with Crippen LogP contribution in [0.2, 0.25) is 0 Å². The van der Waals surface area contributed by atoms with Crippen LogP contribution in [-0.4, -0.2) is 35.2 Å². The standard InChI is InChI=1S/2C5H10O2.C2H8N2/c2*1-2-3-4-5(6)7;3-1-2-4/h2*2-4H2,1H3,(H,6,7);1-4H2. The summed E-state index contributed by atoms with van der Waals surface area (Å²) in [7, 11) is 0. The summed E-state index contributed by atoms with van der Waals surface area (Å²) in [6, 6.07) is 0. The Kier molecular flexibility index (Phi) is 26.0. The van der Waals surface area contributed by atoms with E-state index in [0.717, 1.165) is 25.7 Å². The van der Waals surface area contributed by atoms with Crippen molar-refractivity contribution in [1.29, 1.82) is 0 Å². The summed E-state index contributed by atoms with van der Waals surface area (Å²) in [5.74, 6) is -1.39. The molecule has 6 N–H and O–H groups in total. The van der Waals surface area contributed by atoms with E-state index >= 15 is 0 Å². The molecular weight excluding hydrogens is 236 g/mol. The first-order valence-corrected chi connectivity index (χ1v) is 6.29. The molecule has 0 aliphatic heterocycles. The second kappa shape index (κ2) is 21.2. The Morgan fingerprint density at radius 2 is 1.11 bits per heavy atom. The van der Waals surface area contributed by atoms with Gasteiger partial charge in [-0.05, 0) is 12.8 Å². The lowest BCUT2D eigenvalue weighted by atomic mass is 10.3. The van der Waals surface area contributed by atoms with Gasteiger partial charge in [0.15, 0.2) is 0 Å². The van der Waals surface area contributed by atoms with Crippen molar-refractivity contribution in [2.24, 2.45) is 11.5 Å². The summed E-state index contributed by atoms with van der Waals surface area (Å²) in [6.07, 6.45) is 4.16. The number of aliphatic carboxylic acids is 2. The van der Waals surface area contributed by atoms with Gasteiger partial charge in [0, 0.05) is 25.9 Å². The van der Waals surface area contributed by atoms with Crippen LogP contribution in [0.25, 0.3) is 0 Å². The molecule has 0 bridgehead atoms. The summed E-state index contributed by atoms with van der Waals surface area (Å²) in [5, 5.41) is 16.1. The molecule has 110 valence electrons. The first-order valence-electron chi connectivity index (χ1n) is 6.29. The third-order valence-corrected chi connectivity index (χ3v) is 1.66. The summed E-state index contributed by atoms with van der Waals surface area (Å²) in [4.78, 5) is 19.5. The smallest absolute Gasteiger partial charge is 0.303 e. The van der Waals surface area contributed by atoms with Gasteiger partial charge in [-0.3, -0.25) is 9.59 Å². The average Bonchev–Trinajstić information content (AvgIpc) is 2.34. The average molecular weight is 264 g/mol. The van der Waals surface area contributed by atoms with Gasteiger partial charge in [-0.1, -0.05) is 26.7 Å². The number of carboxylic acid groups (broad SMARTS) is 2. The van der Waals surface area contributed by atoms with Crippen LogP contribution in [0.3, 0.4) is 0 Å². The molecule has 0 rings (SSSR count). The third-order valence-electron chi connectivity index (χ3n) is 1.66. The van der Waals surface area contributed by atoms with Gasteiger partial charge in [0.05, 0.1) is 0 Å². The Labute approximate surface area is 109 Å². The van der Waals surface area contributed by atoms with E-state index in [2.05, 4.69) is 0 Å². The summed E-state index contributed by atoms with van der Waals surface area (Å²) in [5.41, 5.74) is 9.81. The molecule has 0 radical (unpaired) electrons. The molecule has 6 nitrogen and oxygen atoms in total. The van der Waals surface area contributed by atoms with Crippen LogP contribution < -0.4 is 11.5 Å². The molecule has 0 atom stereocenters. The van der Waals surface area contributed by atoms with Gasteiger partial charge in [0.25, 0.3) is 0 Å². The first kappa shape index (κ1) is 22.1. The third kappa shape index (κ3) is 46.2. The van der Waals surface area contributed by atoms with Crippen molar-refractivity contribution < 1.29 is 19.8 Å². The van der Waals surface area contributed by atoms with Gasteiger partial charge in [0.1, 0.15) is 0 Å². The van der Waals surface area contributed by atoms with E-state index in [9.17, 15) is 9.59 Å². The quantitative estimate of drug-likeness (QED) is 0.551. The molecule has 0 aromatic carbocycles. The topological polar surface area (TPSA) is 127 Å². The fraction of sp³-hybridized carbons (Fsp3) is 0.833. The van der Waals surface area contributed by atoms with Gasteiger partial charge in [-0.25, -0.2) is 0 Å². The van der Waals surface area contributed by atoms with Crippen molar-refractivity contribution in [2.45, 2.75) is 52.4 Å². The molecule has 0 heterocycles. The maximum atomic E-state index is 9.76. The molecular formula is C12H28N2O4. The molecule has 0 aliphatic rings. The lowest BCUT2D eigenvalue weighted by Crippen LogP contribution is -2.11. The number of rotatable bonds is 7. The van der Waals surface area contributed by atoms with Crippen LogP contribution in [0.5, 0.6) is 0 Å². The van der Waals surface area contributed by atoms with Crippen molar-refractivity contribution in [3.05, 3.63) is 0 Å². The summed E-state index contributed by atoms with van der Waals surface area (Å²) in [6.45, 7) is 5.14. The largest absolute Gasteiger partial charge is 0.481 e. The molecule has 0 saturated carbocycles. The highest BCUT2D eigenvalue weighted by molar-refractivity contribution is 5.66. The SMILES string of the molecule is CCCCC(=O)O.CCCCC(=O)O.NCCN. The fourth-order valence-corrected chi connectivity index (χ4v) is 0.656. The molecule has 0 aliphatic carbocycles.